The fourth-order valence-electron chi connectivity index (χ4n) is 2.88. The molecular weight excluding hydrogens is 294 g/mol. The van der Waals surface area contributed by atoms with Crippen molar-refractivity contribution < 1.29 is 14.7 Å². The Labute approximate surface area is 136 Å². The lowest BCUT2D eigenvalue weighted by molar-refractivity contribution is -0.125. The molecular formula is C17H25N3O3. The van der Waals surface area contributed by atoms with Crippen molar-refractivity contribution in [3.63, 3.8) is 0 Å². The second kappa shape index (κ2) is 7.94. The Bertz CT molecular complexity index is 562. The number of carbonyl (C=O) groups excluding carboxylic acids is 1. The van der Waals surface area contributed by atoms with Crippen LogP contribution in [0.3, 0.4) is 0 Å². The first kappa shape index (κ1) is 17.2. The number of piperidine rings is 1. The van der Waals surface area contributed by atoms with E-state index in [0.29, 0.717) is 18.9 Å². The van der Waals surface area contributed by atoms with Gasteiger partial charge in [0.05, 0.1) is 5.92 Å². The molecule has 6 heteroatoms. The third-order valence-corrected chi connectivity index (χ3v) is 4.33. The van der Waals surface area contributed by atoms with Crippen LogP contribution in [-0.2, 0) is 4.79 Å². The molecule has 1 aliphatic heterocycles. The lowest BCUT2D eigenvalue weighted by Gasteiger charge is -2.38. The summed E-state index contributed by atoms with van der Waals surface area (Å²) in [6.45, 7) is 5.47. The molecule has 2 atom stereocenters. The molecule has 2 N–H and O–H groups in total. The molecule has 2 heterocycles. The van der Waals surface area contributed by atoms with Crippen molar-refractivity contribution in [3.05, 3.63) is 23.9 Å². The predicted molar refractivity (Wildman–Crippen MR) is 88.6 cm³/mol. The lowest BCUT2D eigenvalue weighted by atomic mass is 9.92. The summed E-state index contributed by atoms with van der Waals surface area (Å²) in [6.07, 6.45) is 3.79. The van der Waals surface area contributed by atoms with E-state index in [4.69, 9.17) is 5.11 Å². The number of pyridine rings is 1. The first-order valence-corrected chi connectivity index (χ1v) is 8.27. The summed E-state index contributed by atoms with van der Waals surface area (Å²) >= 11 is 0. The maximum absolute atomic E-state index is 12.3. The molecule has 1 aliphatic rings. The van der Waals surface area contributed by atoms with Gasteiger partial charge in [-0.3, -0.25) is 4.79 Å². The van der Waals surface area contributed by atoms with Gasteiger partial charge in [-0.15, -0.1) is 0 Å². The first-order valence-electron chi connectivity index (χ1n) is 8.27. The van der Waals surface area contributed by atoms with E-state index < -0.39 is 5.97 Å². The Morgan fingerprint density at radius 2 is 2.17 bits per heavy atom. The first-order chi connectivity index (χ1) is 11.0. The minimum Gasteiger partial charge on any atom is -0.477 e. The third-order valence-electron chi connectivity index (χ3n) is 4.33. The molecule has 1 aromatic heterocycles. The zero-order valence-corrected chi connectivity index (χ0v) is 13.8. The topological polar surface area (TPSA) is 82.5 Å². The number of rotatable bonds is 6. The van der Waals surface area contributed by atoms with E-state index in [1.807, 2.05) is 4.90 Å². The minimum atomic E-state index is -1.04. The molecule has 1 saturated heterocycles. The summed E-state index contributed by atoms with van der Waals surface area (Å²) in [6, 6.07) is 5.23. The summed E-state index contributed by atoms with van der Waals surface area (Å²) in [4.78, 5) is 29.6. The molecule has 0 bridgehead atoms. The number of anilines is 1. The molecule has 126 valence electrons. The highest BCUT2D eigenvalue weighted by molar-refractivity contribution is 5.85. The Hall–Kier alpha value is -2.11. The zero-order valence-electron chi connectivity index (χ0n) is 13.8. The number of nitrogens with one attached hydrogen (secondary N) is 1. The van der Waals surface area contributed by atoms with Gasteiger partial charge in [0.2, 0.25) is 5.91 Å². The summed E-state index contributed by atoms with van der Waals surface area (Å²) < 4.78 is 0. The van der Waals surface area contributed by atoms with Gasteiger partial charge in [-0.05, 0) is 38.3 Å². The van der Waals surface area contributed by atoms with Crippen LogP contribution in [0.5, 0.6) is 0 Å². The predicted octanol–water partition coefficient (Wildman–Crippen LogP) is 2.30. The number of carboxylic acids is 1. The monoisotopic (exact) mass is 319 g/mol. The molecule has 2 rings (SSSR count). The Morgan fingerprint density at radius 3 is 2.87 bits per heavy atom. The van der Waals surface area contributed by atoms with E-state index >= 15 is 0 Å². The second-order valence-electron chi connectivity index (χ2n) is 6.11. The fraction of sp³-hybridized carbons (Fsp3) is 0.588. The van der Waals surface area contributed by atoms with Crippen molar-refractivity contribution in [2.24, 2.45) is 5.92 Å². The molecule has 0 spiro atoms. The molecule has 1 amide bonds. The van der Waals surface area contributed by atoms with Gasteiger partial charge in [-0.1, -0.05) is 19.4 Å². The number of carbonyl (C=O) groups is 2. The van der Waals surface area contributed by atoms with Gasteiger partial charge in [0.1, 0.15) is 5.82 Å². The third kappa shape index (κ3) is 4.43. The molecule has 0 aliphatic carbocycles. The van der Waals surface area contributed by atoms with Gasteiger partial charge in [-0.2, -0.15) is 0 Å². The number of unbranched alkanes of at least 4 members (excludes halogenated alkanes) is 1. The lowest BCUT2D eigenvalue weighted by Crippen LogP contribution is -2.47. The van der Waals surface area contributed by atoms with E-state index in [-0.39, 0.29) is 23.6 Å². The highest BCUT2D eigenvalue weighted by atomic mass is 16.4. The standard InChI is InChI=1S/C17H25N3O3/c1-3-4-10-18-16(21)13-9-8-12(2)20(11-13)15-7-5-6-14(19-15)17(22)23/h5-7,12-13H,3-4,8-11H2,1-2H3,(H,18,21)(H,22,23). The Balaban J connectivity index is 2.07. The van der Waals surface area contributed by atoms with Crippen molar-refractivity contribution in [1.29, 1.82) is 0 Å². The average molecular weight is 319 g/mol. The van der Waals surface area contributed by atoms with Crippen LogP contribution in [0, 0.1) is 5.92 Å². The normalized spacial score (nSPS) is 21.0. The van der Waals surface area contributed by atoms with Gasteiger partial charge >= 0.3 is 5.97 Å². The highest BCUT2D eigenvalue weighted by Gasteiger charge is 2.30. The molecule has 0 saturated carbocycles. The van der Waals surface area contributed by atoms with Crippen LogP contribution in [0.1, 0.15) is 50.0 Å². The van der Waals surface area contributed by atoms with Crippen LogP contribution >= 0.6 is 0 Å². The van der Waals surface area contributed by atoms with Crippen molar-refractivity contribution in [2.45, 2.75) is 45.6 Å². The van der Waals surface area contributed by atoms with Gasteiger partial charge in [-0.25, -0.2) is 9.78 Å². The van der Waals surface area contributed by atoms with Crippen molar-refractivity contribution in [2.75, 3.05) is 18.0 Å². The maximum atomic E-state index is 12.3. The maximum Gasteiger partial charge on any atom is 0.354 e. The van der Waals surface area contributed by atoms with E-state index in [2.05, 4.69) is 24.1 Å². The number of aromatic nitrogens is 1. The molecule has 6 nitrogen and oxygen atoms in total. The average Bonchev–Trinajstić information content (AvgIpc) is 2.55. The molecule has 1 aromatic rings. The minimum absolute atomic E-state index is 0.0317. The summed E-state index contributed by atoms with van der Waals surface area (Å²) in [5, 5.41) is 12.1. The number of amides is 1. The van der Waals surface area contributed by atoms with Crippen LogP contribution in [0.25, 0.3) is 0 Å². The molecule has 2 unspecified atom stereocenters. The molecule has 0 aromatic carbocycles. The number of carboxylic acid groups (broad SMARTS) is 1. The van der Waals surface area contributed by atoms with E-state index in [9.17, 15) is 9.59 Å². The SMILES string of the molecule is CCCCNC(=O)C1CCC(C)N(c2cccc(C(=O)O)n2)C1. The smallest absolute Gasteiger partial charge is 0.354 e. The number of nitrogens with zero attached hydrogens (tertiary/aromatic N) is 2. The summed E-state index contributed by atoms with van der Waals surface area (Å²) in [5.74, 6) is -0.392. The molecule has 0 radical (unpaired) electrons. The van der Waals surface area contributed by atoms with Crippen molar-refractivity contribution in [1.82, 2.24) is 10.3 Å². The van der Waals surface area contributed by atoms with Gasteiger partial charge < -0.3 is 15.3 Å². The summed E-state index contributed by atoms with van der Waals surface area (Å²) in [5.41, 5.74) is 0.0317. The van der Waals surface area contributed by atoms with Crippen LogP contribution in [-0.4, -0.2) is 41.1 Å². The van der Waals surface area contributed by atoms with Crippen LogP contribution in [0.15, 0.2) is 18.2 Å². The fourth-order valence-corrected chi connectivity index (χ4v) is 2.88. The van der Waals surface area contributed by atoms with Gasteiger partial charge in [0.25, 0.3) is 0 Å². The highest BCUT2D eigenvalue weighted by Crippen LogP contribution is 2.26. The van der Waals surface area contributed by atoms with Gasteiger partial charge in [0.15, 0.2) is 5.69 Å². The van der Waals surface area contributed by atoms with Crippen LogP contribution < -0.4 is 10.2 Å². The Kier molecular flexibility index (Phi) is 5.96. The largest absolute Gasteiger partial charge is 0.477 e. The van der Waals surface area contributed by atoms with Crippen LogP contribution in [0.2, 0.25) is 0 Å². The number of hydrogen-bond acceptors (Lipinski definition) is 4. The molecule has 23 heavy (non-hydrogen) atoms. The number of hydrogen-bond donors (Lipinski definition) is 2. The quantitative estimate of drug-likeness (QED) is 0.786. The Morgan fingerprint density at radius 1 is 1.39 bits per heavy atom. The van der Waals surface area contributed by atoms with Crippen molar-refractivity contribution in [3.8, 4) is 0 Å². The zero-order chi connectivity index (χ0) is 16.8. The van der Waals surface area contributed by atoms with E-state index in [1.54, 1.807) is 12.1 Å². The number of aromatic carboxylic acids is 1. The second-order valence-corrected chi connectivity index (χ2v) is 6.11. The van der Waals surface area contributed by atoms with Crippen LogP contribution in [0.4, 0.5) is 5.82 Å². The van der Waals surface area contributed by atoms with Crippen molar-refractivity contribution >= 4 is 17.7 Å². The van der Waals surface area contributed by atoms with E-state index in [1.165, 1.54) is 6.07 Å². The molecule has 1 fully saturated rings. The summed E-state index contributed by atoms with van der Waals surface area (Å²) in [7, 11) is 0. The van der Waals surface area contributed by atoms with Gasteiger partial charge in [0, 0.05) is 19.1 Å². The van der Waals surface area contributed by atoms with E-state index in [0.717, 1.165) is 25.7 Å².